The number of carbonyl (C=O) groups is 1. The van der Waals surface area contributed by atoms with Gasteiger partial charge in [0.2, 0.25) is 15.9 Å². The van der Waals surface area contributed by atoms with Gasteiger partial charge >= 0.3 is 5.97 Å². The number of rotatable bonds is 11. The summed E-state index contributed by atoms with van der Waals surface area (Å²) < 4.78 is 32.2. The van der Waals surface area contributed by atoms with Gasteiger partial charge in [-0.1, -0.05) is 51.6 Å². The Kier molecular flexibility index (Phi) is 7.94. The topological polar surface area (TPSA) is 151 Å². The second-order valence-electron chi connectivity index (χ2n) is 10.1. The van der Waals surface area contributed by atoms with Crippen molar-refractivity contribution in [2.75, 3.05) is 0 Å². The second-order valence-corrected chi connectivity index (χ2v) is 11.9. The molecule has 1 aliphatic rings. The number of nitrogens with zero attached hydrogens (tertiary/aromatic N) is 3. The number of hydrogen-bond acceptors (Lipinski definition) is 7. The summed E-state index contributed by atoms with van der Waals surface area (Å²) in [6.45, 7) is 6.76. The van der Waals surface area contributed by atoms with Crippen molar-refractivity contribution < 1.29 is 22.8 Å². The van der Waals surface area contributed by atoms with Gasteiger partial charge in [0, 0.05) is 12.1 Å². The van der Waals surface area contributed by atoms with E-state index in [0.29, 0.717) is 6.42 Å². The molecule has 3 rings (SSSR count). The highest BCUT2D eigenvalue weighted by Crippen LogP contribution is 2.53. The molecule has 1 aliphatic carbocycles. The van der Waals surface area contributed by atoms with E-state index >= 15 is 0 Å². The van der Waals surface area contributed by atoms with Crippen LogP contribution in [0.15, 0.2) is 21.8 Å². The standard InChI is InChI=1S/C22H35N5O5S/c1-21(2,3)22(9-5-4-6-10-22)11-7-8-16(12-19(28)29)20-26-18(27-32-20)15-25-33(30,31)17-13-23-24-14-17/h13-14,16,25H,4-12,15H2,1-3H3,(H,23,24)(H,28,29). The summed E-state index contributed by atoms with van der Waals surface area (Å²) in [7, 11) is -3.75. The molecule has 0 aromatic carbocycles. The van der Waals surface area contributed by atoms with Crippen molar-refractivity contribution in [2.24, 2.45) is 10.8 Å². The first-order valence-electron chi connectivity index (χ1n) is 11.6. The molecule has 1 saturated carbocycles. The average molecular weight is 482 g/mol. The van der Waals surface area contributed by atoms with Gasteiger partial charge < -0.3 is 9.63 Å². The summed E-state index contributed by atoms with van der Waals surface area (Å²) in [5.74, 6) is -0.937. The van der Waals surface area contributed by atoms with Crippen LogP contribution in [-0.4, -0.2) is 39.8 Å². The Morgan fingerprint density at radius 2 is 2.03 bits per heavy atom. The maximum absolute atomic E-state index is 12.2. The lowest BCUT2D eigenvalue weighted by Crippen LogP contribution is -2.37. The molecule has 0 aliphatic heterocycles. The molecule has 1 atom stereocenters. The third-order valence-electron chi connectivity index (χ3n) is 7.07. The van der Waals surface area contributed by atoms with Gasteiger partial charge in [-0.15, -0.1) is 0 Å². The second kappa shape index (κ2) is 10.3. The fraction of sp³-hybridized carbons (Fsp3) is 0.727. The minimum Gasteiger partial charge on any atom is -0.481 e. The third-order valence-corrected chi connectivity index (χ3v) is 8.44. The number of sulfonamides is 1. The summed E-state index contributed by atoms with van der Waals surface area (Å²) in [5, 5.41) is 19.3. The van der Waals surface area contributed by atoms with E-state index in [2.05, 4.69) is 45.8 Å². The summed E-state index contributed by atoms with van der Waals surface area (Å²) in [6, 6.07) is 0. The molecule has 0 radical (unpaired) electrons. The van der Waals surface area contributed by atoms with E-state index in [-0.39, 0.29) is 40.4 Å². The highest BCUT2D eigenvalue weighted by molar-refractivity contribution is 7.89. The van der Waals surface area contributed by atoms with Crippen LogP contribution in [-0.2, 0) is 21.4 Å². The fourth-order valence-corrected chi connectivity index (χ4v) is 5.83. The first-order valence-corrected chi connectivity index (χ1v) is 13.0. The predicted octanol–water partition coefficient (Wildman–Crippen LogP) is 4.00. The zero-order valence-corrected chi connectivity index (χ0v) is 20.4. The van der Waals surface area contributed by atoms with E-state index < -0.39 is 21.9 Å². The van der Waals surface area contributed by atoms with Gasteiger partial charge in [-0.25, -0.2) is 13.1 Å². The Morgan fingerprint density at radius 3 is 2.64 bits per heavy atom. The number of aromatic amines is 1. The van der Waals surface area contributed by atoms with Crippen LogP contribution in [0.3, 0.4) is 0 Å². The van der Waals surface area contributed by atoms with Crippen molar-refractivity contribution in [3.63, 3.8) is 0 Å². The van der Waals surface area contributed by atoms with Crippen LogP contribution in [0.4, 0.5) is 0 Å². The number of hydrogen-bond donors (Lipinski definition) is 3. The van der Waals surface area contributed by atoms with E-state index in [4.69, 9.17) is 4.52 Å². The summed E-state index contributed by atoms with van der Waals surface area (Å²) in [6.07, 6.45) is 11.1. The van der Waals surface area contributed by atoms with Crippen LogP contribution >= 0.6 is 0 Å². The maximum atomic E-state index is 12.2. The van der Waals surface area contributed by atoms with Crippen molar-refractivity contribution in [3.05, 3.63) is 24.1 Å². The number of nitrogens with one attached hydrogen (secondary N) is 2. The molecule has 3 N–H and O–H groups in total. The Morgan fingerprint density at radius 1 is 1.30 bits per heavy atom. The van der Waals surface area contributed by atoms with Crippen molar-refractivity contribution in [1.82, 2.24) is 25.1 Å². The van der Waals surface area contributed by atoms with Crippen molar-refractivity contribution >= 4 is 16.0 Å². The number of aromatic nitrogens is 4. The van der Waals surface area contributed by atoms with E-state index in [9.17, 15) is 18.3 Å². The maximum Gasteiger partial charge on any atom is 0.304 e. The number of H-pyrrole nitrogens is 1. The van der Waals surface area contributed by atoms with E-state index in [1.807, 2.05) is 0 Å². The quantitative estimate of drug-likeness (QED) is 0.436. The van der Waals surface area contributed by atoms with Crippen molar-refractivity contribution in [2.45, 2.75) is 95.9 Å². The largest absolute Gasteiger partial charge is 0.481 e. The minimum atomic E-state index is -3.75. The third kappa shape index (κ3) is 6.41. The zero-order chi connectivity index (χ0) is 24.1. The highest BCUT2D eigenvalue weighted by Gasteiger charge is 2.42. The average Bonchev–Trinajstić information content (AvgIpc) is 3.44. The molecule has 11 heteroatoms. The van der Waals surface area contributed by atoms with Crippen LogP contribution in [0.5, 0.6) is 0 Å². The molecule has 2 aromatic rings. The minimum absolute atomic E-state index is 0.00506. The number of carboxylic acids is 1. The molecule has 0 saturated heterocycles. The Hall–Kier alpha value is -2.27. The van der Waals surface area contributed by atoms with Gasteiger partial charge in [0.1, 0.15) is 4.90 Å². The molecule has 10 nitrogen and oxygen atoms in total. The summed E-state index contributed by atoms with van der Waals surface area (Å²) in [5.41, 5.74) is 0.462. The Labute approximate surface area is 195 Å². The van der Waals surface area contributed by atoms with Crippen LogP contribution in [0, 0.1) is 10.8 Å². The monoisotopic (exact) mass is 481 g/mol. The van der Waals surface area contributed by atoms with Gasteiger partial charge in [-0.05, 0) is 36.5 Å². The molecular weight excluding hydrogens is 446 g/mol. The van der Waals surface area contributed by atoms with Gasteiger partial charge in [0.15, 0.2) is 5.82 Å². The normalized spacial score (nSPS) is 17.7. The molecular formula is C22H35N5O5S. The van der Waals surface area contributed by atoms with Crippen LogP contribution in [0.1, 0.15) is 96.2 Å². The molecule has 0 amide bonds. The highest BCUT2D eigenvalue weighted by atomic mass is 32.2. The lowest BCUT2D eigenvalue weighted by atomic mass is 9.57. The van der Waals surface area contributed by atoms with Crippen molar-refractivity contribution in [3.8, 4) is 0 Å². The molecule has 1 fully saturated rings. The van der Waals surface area contributed by atoms with Gasteiger partial charge in [-0.2, -0.15) is 10.1 Å². The van der Waals surface area contributed by atoms with E-state index in [1.54, 1.807) is 0 Å². The zero-order valence-electron chi connectivity index (χ0n) is 19.6. The van der Waals surface area contributed by atoms with Crippen LogP contribution in [0.2, 0.25) is 0 Å². The number of aliphatic carboxylic acids is 1. The summed E-state index contributed by atoms with van der Waals surface area (Å²) in [4.78, 5) is 15.8. The lowest BCUT2D eigenvalue weighted by Gasteiger charge is -2.48. The predicted molar refractivity (Wildman–Crippen MR) is 121 cm³/mol. The van der Waals surface area contributed by atoms with Crippen LogP contribution in [0.25, 0.3) is 0 Å². The van der Waals surface area contributed by atoms with Crippen LogP contribution < -0.4 is 4.72 Å². The molecule has 2 heterocycles. The fourth-order valence-electron chi connectivity index (χ4n) is 4.95. The molecule has 0 spiro atoms. The van der Waals surface area contributed by atoms with E-state index in [0.717, 1.165) is 12.8 Å². The first kappa shape index (κ1) is 25.4. The SMILES string of the molecule is CC(C)(C)C1(CCCC(CC(=O)O)c2nc(CNS(=O)(=O)c3cn[nH]c3)no2)CCCCC1. The number of carboxylic acid groups (broad SMARTS) is 1. The molecule has 0 bridgehead atoms. The molecule has 184 valence electrons. The van der Waals surface area contributed by atoms with Gasteiger partial charge in [0.05, 0.1) is 19.2 Å². The Balaban J connectivity index is 1.63. The van der Waals surface area contributed by atoms with Gasteiger partial charge in [-0.3, -0.25) is 9.89 Å². The molecule has 2 aromatic heterocycles. The molecule has 33 heavy (non-hydrogen) atoms. The van der Waals surface area contributed by atoms with E-state index in [1.165, 1.54) is 44.5 Å². The Bertz CT molecular complexity index is 1000. The first-order chi connectivity index (χ1) is 15.5. The van der Waals surface area contributed by atoms with Crippen molar-refractivity contribution in [1.29, 1.82) is 0 Å². The summed E-state index contributed by atoms with van der Waals surface area (Å²) >= 11 is 0. The lowest BCUT2D eigenvalue weighted by molar-refractivity contribution is -0.137. The smallest absolute Gasteiger partial charge is 0.304 e. The van der Waals surface area contributed by atoms with Gasteiger partial charge in [0.25, 0.3) is 0 Å². The molecule has 1 unspecified atom stereocenters.